The molecule has 0 aliphatic carbocycles. The van der Waals surface area contributed by atoms with Crippen molar-refractivity contribution in [1.82, 2.24) is 10.2 Å². The number of halogens is 1. The molecule has 0 spiro atoms. The van der Waals surface area contributed by atoms with Crippen LogP contribution in [0.4, 0.5) is 0 Å². The van der Waals surface area contributed by atoms with Crippen LogP contribution in [-0.2, 0) is 11.3 Å². The third kappa shape index (κ3) is 5.21. The zero-order valence-corrected chi connectivity index (χ0v) is 12.4. The van der Waals surface area contributed by atoms with Crippen molar-refractivity contribution in [2.24, 2.45) is 0 Å². The van der Waals surface area contributed by atoms with Crippen LogP contribution in [0.2, 0.25) is 4.34 Å². The average molecular weight is 287 g/mol. The molecule has 1 aromatic heterocycles. The van der Waals surface area contributed by atoms with Crippen molar-refractivity contribution in [3.05, 3.63) is 34.0 Å². The zero-order valence-electron chi connectivity index (χ0n) is 10.8. The predicted octanol–water partition coefficient (Wildman–Crippen LogP) is 2.91. The molecule has 18 heavy (non-hydrogen) atoms. The second-order valence-electron chi connectivity index (χ2n) is 4.30. The molecule has 1 aromatic rings. The zero-order chi connectivity index (χ0) is 13.5. The summed E-state index contributed by atoms with van der Waals surface area (Å²) in [4.78, 5) is 14.9. The number of carbonyl (C=O) groups is 1. The standard InChI is InChI=1S/C13H19ClN2OS/c1-4-7-16(13(17)8-15-10(2)3)9-11-5-6-12(14)18-11/h4-6,10,15H,1,7-9H2,2-3H3. The van der Waals surface area contributed by atoms with Crippen LogP contribution in [0.5, 0.6) is 0 Å². The van der Waals surface area contributed by atoms with Gasteiger partial charge < -0.3 is 10.2 Å². The van der Waals surface area contributed by atoms with Crippen LogP contribution in [0.25, 0.3) is 0 Å². The summed E-state index contributed by atoms with van der Waals surface area (Å²) < 4.78 is 0.747. The van der Waals surface area contributed by atoms with E-state index in [4.69, 9.17) is 11.6 Å². The highest BCUT2D eigenvalue weighted by molar-refractivity contribution is 7.16. The molecule has 1 N–H and O–H groups in total. The van der Waals surface area contributed by atoms with E-state index in [0.717, 1.165) is 9.21 Å². The molecule has 0 bridgehead atoms. The van der Waals surface area contributed by atoms with Gasteiger partial charge in [0.15, 0.2) is 0 Å². The minimum Gasteiger partial charge on any atom is -0.333 e. The quantitative estimate of drug-likeness (QED) is 0.782. The Morgan fingerprint density at radius 3 is 2.83 bits per heavy atom. The topological polar surface area (TPSA) is 32.3 Å². The van der Waals surface area contributed by atoms with Crippen molar-refractivity contribution in [3.63, 3.8) is 0 Å². The average Bonchev–Trinajstić information content (AvgIpc) is 2.71. The summed E-state index contributed by atoms with van der Waals surface area (Å²) in [5.41, 5.74) is 0. The lowest BCUT2D eigenvalue weighted by atomic mass is 10.3. The molecule has 1 rings (SSSR count). The van der Waals surface area contributed by atoms with Gasteiger partial charge in [0, 0.05) is 17.5 Å². The first kappa shape index (κ1) is 15.2. The molecule has 0 saturated carbocycles. The van der Waals surface area contributed by atoms with E-state index in [2.05, 4.69) is 11.9 Å². The van der Waals surface area contributed by atoms with Gasteiger partial charge in [0.05, 0.1) is 17.4 Å². The molecule has 0 aliphatic rings. The minimum absolute atomic E-state index is 0.0770. The molecule has 0 atom stereocenters. The third-order valence-electron chi connectivity index (χ3n) is 2.34. The van der Waals surface area contributed by atoms with Gasteiger partial charge in [-0.05, 0) is 12.1 Å². The van der Waals surface area contributed by atoms with Crippen LogP contribution >= 0.6 is 22.9 Å². The molecule has 0 radical (unpaired) electrons. The highest BCUT2D eigenvalue weighted by atomic mass is 35.5. The van der Waals surface area contributed by atoms with Gasteiger partial charge in [-0.25, -0.2) is 0 Å². The van der Waals surface area contributed by atoms with Crippen LogP contribution in [-0.4, -0.2) is 29.9 Å². The summed E-state index contributed by atoms with van der Waals surface area (Å²) in [6.07, 6.45) is 1.74. The van der Waals surface area contributed by atoms with E-state index in [1.165, 1.54) is 11.3 Å². The van der Waals surface area contributed by atoms with Crippen LogP contribution in [0.1, 0.15) is 18.7 Å². The van der Waals surface area contributed by atoms with Gasteiger partial charge in [-0.1, -0.05) is 31.5 Å². The lowest BCUT2D eigenvalue weighted by Gasteiger charge is -2.21. The highest BCUT2D eigenvalue weighted by Gasteiger charge is 2.13. The molecule has 0 saturated heterocycles. The lowest BCUT2D eigenvalue weighted by molar-refractivity contribution is -0.130. The Hall–Kier alpha value is -0.840. The molecule has 1 heterocycles. The summed E-state index contributed by atoms with van der Waals surface area (Å²) in [7, 11) is 0. The first-order chi connectivity index (χ1) is 8.52. The Balaban J connectivity index is 2.58. The Bertz CT molecular complexity index is 403. The SMILES string of the molecule is C=CCN(Cc1ccc(Cl)s1)C(=O)CNC(C)C. The van der Waals surface area contributed by atoms with E-state index in [0.29, 0.717) is 25.7 Å². The molecule has 5 heteroatoms. The van der Waals surface area contributed by atoms with Crippen molar-refractivity contribution in [2.45, 2.75) is 26.4 Å². The fraction of sp³-hybridized carbons (Fsp3) is 0.462. The summed E-state index contributed by atoms with van der Waals surface area (Å²) >= 11 is 7.39. The molecule has 100 valence electrons. The predicted molar refractivity (Wildman–Crippen MR) is 78.1 cm³/mol. The Labute approximate surface area is 117 Å². The first-order valence-corrected chi connectivity index (χ1v) is 7.08. The minimum atomic E-state index is 0.0770. The van der Waals surface area contributed by atoms with Gasteiger partial charge in [-0.2, -0.15) is 0 Å². The van der Waals surface area contributed by atoms with Crippen molar-refractivity contribution in [1.29, 1.82) is 0 Å². The monoisotopic (exact) mass is 286 g/mol. The third-order valence-corrected chi connectivity index (χ3v) is 3.56. The lowest BCUT2D eigenvalue weighted by Crippen LogP contribution is -2.39. The first-order valence-electron chi connectivity index (χ1n) is 5.89. The number of thiophene rings is 1. The molecule has 0 aliphatic heterocycles. The second kappa shape index (κ2) is 7.56. The van der Waals surface area contributed by atoms with E-state index >= 15 is 0 Å². The van der Waals surface area contributed by atoms with Crippen LogP contribution < -0.4 is 5.32 Å². The maximum atomic E-state index is 12.0. The van der Waals surface area contributed by atoms with E-state index in [-0.39, 0.29) is 5.91 Å². The summed E-state index contributed by atoms with van der Waals surface area (Å²) in [5.74, 6) is 0.0770. The molecular formula is C13H19ClN2OS. The van der Waals surface area contributed by atoms with Crippen molar-refractivity contribution >= 4 is 28.8 Å². The molecule has 0 fully saturated rings. The Kier molecular flexibility index (Phi) is 6.39. The molecular weight excluding hydrogens is 268 g/mol. The summed E-state index contributed by atoms with van der Waals surface area (Å²) in [5, 5.41) is 3.13. The van der Waals surface area contributed by atoms with Gasteiger partial charge in [0.25, 0.3) is 0 Å². The van der Waals surface area contributed by atoms with Crippen molar-refractivity contribution in [2.75, 3.05) is 13.1 Å². The summed E-state index contributed by atoms with van der Waals surface area (Å²) in [6.45, 7) is 9.21. The number of hydrogen-bond acceptors (Lipinski definition) is 3. The molecule has 0 unspecified atom stereocenters. The Morgan fingerprint density at radius 1 is 1.61 bits per heavy atom. The second-order valence-corrected chi connectivity index (χ2v) is 6.10. The van der Waals surface area contributed by atoms with Crippen LogP contribution in [0.15, 0.2) is 24.8 Å². The largest absolute Gasteiger partial charge is 0.333 e. The fourth-order valence-corrected chi connectivity index (χ4v) is 2.54. The maximum absolute atomic E-state index is 12.0. The number of amides is 1. The highest BCUT2D eigenvalue weighted by Crippen LogP contribution is 2.22. The van der Waals surface area contributed by atoms with E-state index in [1.54, 1.807) is 11.0 Å². The van der Waals surface area contributed by atoms with Gasteiger partial charge in [-0.3, -0.25) is 4.79 Å². The molecule has 1 amide bonds. The number of hydrogen-bond donors (Lipinski definition) is 1. The van der Waals surface area contributed by atoms with E-state index in [1.807, 2.05) is 26.0 Å². The van der Waals surface area contributed by atoms with Crippen LogP contribution in [0, 0.1) is 0 Å². The number of nitrogens with one attached hydrogen (secondary N) is 1. The summed E-state index contributed by atoms with van der Waals surface area (Å²) in [6, 6.07) is 4.10. The van der Waals surface area contributed by atoms with Gasteiger partial charge in [0.2, 0.25) is 5.91 Å². The maximum Gasteiger partial charge on any atom is 0.237 e. The number of rotatable bonds is 7. The smallest absolute Gasteiger partial charge is 0.237 e. The van der Waals surface area contributed by atoms with Gasteiger partial charge in [-0.15, -0.1) is 17.9 Å². The molecule has 0 aromatic carbocycles. The van der Waals surface area contributed by atoms with Crippen molar-refractivity contribution < 1.29 is 4.79 Å². The van der Waals surface area contributed by atoms with Gasteiger partial charge >= 0.3 is 0 Å². The Morgan fingerprint density at radius 2 is 2.33 bits per heavy atom. The number of nitrogens with zero attached hydrogens (tertiary/aromatic N) is 1. The van der Waals surface area contributed by atoms with E-state index in [9.17, 15) is 4.79 Å². The fourth-order valence-electron chi connectivity index (χ4n) is 1.44. The van der Waals surface area contributed by atoms with E-state index < -0.39 is 0 Å². The molecule has 3 nitrogen and oxygen atoms in total. The number of carbonyl (C=O) groups excluding carboxylic acids is 1. The van der Waals surface area contributed by atoms with Crippen LogP contribution in [0.3, 0.4) is 0 Å². The normalized spacial score (nSPS) is 10.7. The van der Waals surface area contributed by atoms with Crippen molar-refractivity contribution in [3.8, 4) is 0 Å². The van der Waals surface area contributed by atoms with Gasteiger partial charge in [0.1, 0.15) is 0 Å².